The average Bonchev–Trinajstić information content (AvgIpc) is 3.19. The number of nitrogens with one attached hydrogen (secondary N) is 1. The number of hydrogen-bond acceptors (Lipinski definition) is 3. The maximum absolute atomic E-state index is 6.69. The summed E-state index contributed by atoms with van der Waals surface area (Å²) in [6, 6.07) is 54.6. The highest BCUT2D eigenvalue weighted by Crippen LogP contribution is 2.34. The largest absolute Gasteiger partial charge is 0.383 e. The van der Waals surface area contributed by atoms with Crippen LogP contribution in [0.25, 0.3) is 33.6 Å². The van der Waals surface area contributed by atoms with Crippen LogP contribution in [0, 0.1) is 0 Å². The minimum Gasteiger partial charge on any atom is -0.383 e. The predicted molar refractivity (Wildman–Crippen MR) is 216 cm³/mol. The van der Waals surface area contributed by atoms with Crippen LogP contribution in [0.1, 0.15) is 40.7 Å². The maximum atomic E-state index is 6.69. The van der Waals surface area contributed by atoms with Crippen molar-refractivity contribution in [2.75, 3.05) is 6.54 Å². The normalized spacial score (nSPS) is 13.8. The lowest BCUT2D eigenvalue weighted by Gasteiger charge is -2.19. The molecule has 1 unspecified atom stereocenters. The smallest absolute Gasteiger partial charge is 0.132 e. The summed E-state index contributed by atoms with van der Waals surface area (Å²) in [4.78, 5) is 9.44. The summed E-state index contributed by atoms with van der Waals surface area (Å²) in [5, 5.41) is 3.50. The van der Waals surface area contributed by atoms with E-state index in [2.05, 4.69) is 157 Å². The van der Waals surface area contributed by atoms with Crippen LogP contribution in [0.3, 0.4) is 0 Å². The zero-order chi connectivity index (χ0) is 35.0. The fourth-order valence-electron chi connectivity index (χ4n) is 6.62. The van der Waals surface area contributed by atoms with E-state index >= 15 is 0 Å². The molecule has 51 heavy (non-hydrogen) atoms. The number of rotatable bonds is 10. The second kappa shape index (κ2) is 15.4. The summed E-state index contributed by atoms with van der Waals surface area (Å²) in [5.41, 5.74) is 20.3. The topological polar surface area (TPSA) is 62.8 Å². The fourth-order valence-corrected chi connectivity index (χ4v) is 6.62. The van der Waals surface area contributed by atoms with Gasteiger partial charge in [-0.15, -0.1) is 0 Å². The molecule has 0 aromatic heterocycles. The zero-order valence-electron chi connectivity index (χ0n) is 28.7. The molecule has 6 aromatic carbocycles. The van der Waals surface area contributed by atoms with Gasteiger partial charge in [-0.25, -0.2) is 4.99 Å². The molecule has 6 aromatic rings. The summed E-state index contributed by atoms with van der Waals surface area (Å²) < 4.78 is 0. The molecule has 1 aliphatic rings. The molecule has 4 heteroatoms. The molecule has 7 rings (SSSR count). The van der Waals surface area contributed by atoms with E-state index in [1.165, 1.54) is 27.8 Å². The molecule has 248 valence electrons. The molecule has 4 nitrogen and oxygen atoms in total. The second-order valence-electron chi connectivity index (χ2n) is 12.6. The van der Waals surface area contributed by atoms with E-state index in [1.807, 2.05) is 42.5 Å². The van der Waals surface area contributed by atoms with Crippen LogP contribution in [-0.2, 0) is 0 Å². The molecule has 0 saturated carbocycles. The van der Waals surface area contributed by atoms with Crippen molar-refractivity contribution in [3.05, 3.63) is 209 Å². The number of nitrogens with zero attached hydrogens (tertiary/aromatic N) is 2. The van der Waals surface area contributed by atoms with Crippen LogP contribution in [0.5, 0.6) is 0 Å². The van der Waals surface area contributed by atoms with Gasteiger partial charge in [0.05, 0.1) is 11.4 Å². The van der Waals surface area contributed by atoms with Gasteiger partial charge < -0.3 is 11.1 Å². The Balaban J connectivity index is 1.20. The maximum Gasteiger partial charge on any atom is 0.132 e. The van der Waals surface area contributed by atoms with Crippen molar-refractivity contribution >= 4 is 29.6 Å². The van der Waals surface area contributed by atoms with E-state index in [0.717, 1.165) is 51.4 Å². The van der Waals surface area contributed by atoms with Crippen LogP contribution in [0.4, 0.5) is 5.69 Å². The highest BCUT2D eigenvalue weighted by Gasteiger charge is 2.16. The molecule has 0 amide bonds. The van der Waals surface area contributed by atoms with Gasteiger partial charge >= 0.3 is 0 Å². The first-order valence-corrected chi connectivity index (χ1v) is 17.2. The van der Waals surface area contributed by atoms with Gasteiger partial charge in [-0.05, 0) is 76.9 Å². The summed E-state index contributed by atoms with van der Waals surface area (Å²) in [6.45, 7) is 6.88. The Bertz CT molecular complexity index is 2280. The Morgan fingerprint density at radius 3 is 2.06 bits per heavy atom. The van der Waals surface area contributed by atoms with Gasteiger partial charge in [-0.2, -0.15) is 0 Å². The Hall–Kier alpha value is -6.52. The molecular formula is C47H40N4. The van der Waals surface area contributed by atoms with E-state index in [9.17, 15) is 0 Å². The monoisotopic (exact) mass is 660 g/mol. The van der Waals surface area contributed by atoms with Crippen molar-refractivity contribution in [2.45, 2.75) is 12.8 Å². The van der Waals surface area contributed by atoms with Crippen LogP contribution in [0.15, 0.2) is 192 Å². The average molecular weight is 661 g/mol. The molecule has 0 fully saturated rings. The number of hydrogen-bond donors (Lipinski definition) is 2. The zero-order valence-corrected chi connectivity index (χ0v) is 28.7. The van der Waals surface area contributed by atoms with Crippen LogP contribution >= 0.6 is 0 Å². The molecule has 0 radical (unpaired) electrons. The molecule has 3 N–H and O–H groups in total. The molecule has 0 spiro atoms. The quantitative estimate of drug-likeness (QED) is 0.113. The minimum absolute atomic E-state index is 0.0110. The molecule has 1 heterocycles. The van der Waals surface area contributed by atoms with Gasteiger partial charge in [-0.1, -0.05) is 152 Å². The highest BCUT2D eigenvalue weighted by atomic mass is 14.9. The van der Waals surface area contributed by atoms with Crippen LogP contribution < -0.4 is 11.1 Å². The van der Waals surface area contributed by atoms with E-state index < -0.39 is 0 Å². The standard InChI is InChI=1S/C47H40N4/c1-33-14-13-29-50-46(33)42-23-9-10-24-43(42)47(48)51-41-22-12-20-39(31-41)38-19-11-21-40(30-38)45(49-2)32-44(36-17-7-4-8-18-36)37-27-25-35(26-28-37)34-15-5-3-6-16-34/h3-28,30-32,44,50H,2,29H2,1H3,(H2,48,51)/b45-32-. The molecular weight excluding hydrogens is 621 g/mol. The van der Waals surface area contributed by atoms with Crippen molar-refractivity contribution < 1.29 is 0 Å². The van der Waals surface area contributed by atoms with Crippen molar-refractivity contribution in [2.24, 2.45) is 15.7 Å². The van der Waals surface area contributed by atoms with Gasteiger partial charge in [0.2, 0.25) is 0 Å². The van der Waals surface area contributed by atoms with Crippen molar-refractivity contribution in [3.63, 3.8) is 0 Å². The number of benzene rings is 6. The Morgan fingerprint density at radius 1 is 0.686 bits per heavy atom. The van der Waals surface area contributed by atoms with Crippen LogP contribution in [0.2, 0.25) is 0 Å². The first-order valence-electron chi connectivity index (χ1n) is 17.2. The van der Waals surface area contributed by atoms with Crippen molar-refractivity contribution in [1.82, 2.24) is 5.32 Å². The van der Waals surface area contributed by atoms with Crippen LogP contribution in [-0.4, -0.2) is 19.1 Å². The molecule has 1 aliphatic heterocycles. The predicted octanol–water partition coefficient (Wildman–Crippen LogP) is 10.8. The van der Waals surface area contributed by atoms with Gasteiger partial charge in [0.25, 0.3) is 0 Å². The van der Waals surface area contributed by atoms with E-state index in [1.54, 1.807) is 0 Å². The minimum atomic E-state index is -0.0110. The number of nitrogens with two attached hydrogens (primary N) is 1. The molecule has 0 aliphatic carbocycles. The second-order valence-corrected chi connectivity index (χ2v) is 12.6. The van der Waals surface area contributed by atoms with E-state index in [4.69, 9.17) is 10.7 Å². The summed E-state index contributed by atoms with van der Waals surface area (Å²) in [5.74, 6) is 0.459. The number of amidine groups is 1. The third-order valence-corrected chi connectivity index (χ3v) is 9.25. The third kappa shape index (κ3) is 7.56. The van der Waals surface area contributed by atoms with Gasteiger partial charge in [0.15, 0.2) is 0 Å². The first kappa shape index (κ1) is 33.0. The van der Waals surface area contributed by atoms with Gasteiger partial charge in [0, 0.05) is 34.9 Å². The van der Waals surface area contributed by atoms with Crippen molar-refractivity contribution in [3.8, 4) is 22.3 Å². The lowest BCUT2D eigenvalue weighted by Crippen LogP contribution is -2.21. The highest BCUT2D eigenvalue weighted by molar-refractivity contribution is 6.03. The number of dihydropyridines is 1. The summed E-state index contributed by atoms with van der Waals surface area (Å²) >= 11 is 0. The third-order valence-electron chi connectivity index (χ3n) is 9.25. The Kier molecular flexibility index (Phi) is 9.94. The number of allylic oxidation sites excluding steroid dienone is 3. The molecule has 0 bridgehead atoms. The molecule has 1 atom stereocenters. The lowest BCUT2D eigenvalue weighted by molar-refractivity contribution is 0.979. The Morgan fingerprint density at radius 2 is 1.31 bits per heavy atom. The summed E-state index contributed by atoms with van der Waals surface area (Å²) in [6.07, 6.45) is 6.47. The lowest BCUT2D eigenvalue weighted by atomic mass is 9.88. The summed E-state index contributed by atoms with van der Waals surface area (Å²) in [7, 11) is 0. The van der Waals surface area contributed by atoms with E-state index in [-0.39, 0.29) is 5.92 Å². The molecule has 0 saturated heterocycles. The number of aliphatic imine (C=N–C) groups is 2. The Labute approximate surface area is 300 Å². The fraction of sp³-hybridized carbons (Fsp3) is 0.0638. The SMILES string of the molecule is C=N/C(=C\C(c1ccccc1)c1ccc(-c2ccccc2)cc1)c1cccc(-c2cccc(N=C(N)c3ccccc3C3=C(C)C=CCN3)c2)c1. The first-order chi connectivity index (χ1) is 25.1. The van der Waals surface area contributed by atoms with Gasteiger partial charge in [-0.3, -0.25) is 4.99 Å². The van der Waals surface area contributed by atoms with E-state index in [0.29, 0.717) is 5.84 Å². The van der Waals surface area contributed by atoms with Crippen molar-refractivity contribution in [1.29, 1.82) is 0 Å². The van der Waals surface area contributed by atoms with Gasteiger partial charge in [0.1, 0.15) is 5.84 Å².